The summed E-state index contributed by atoms with van der Waals surface area (Å²) in [6, 6.07) is 6.07. The SMILES string of the molecule is COc1cc(/C=C2\CC3C4CC=C5C[C@@H](O)CC[C@]5(C)C4CC[C@]3(C)C2=O)ccc1OCCN1CCCC1. The molecule has 3 unspecified atom stereocenters. The summed E-state index contributed by atoms with van der Waals surface area (Å²) in [5.74, 6) is 3.42. The zero-order valence-electron chi connectivity index (χ0n) is 23.5. The van der Waals surface area contributed by atoms with Crippen LogP contribution in [0.5, 0.6) is 11.5 Å². The van der Waals surface area contributed by atoms with E-state index in [-0.39, 0.29) is 16.9 Å². The Hall–Kier alpha value is -2.11. The maximum Gasteiger partial charge on any atom is 0.165 e. The van der Waals surface area contributed by atoms with Gasteiger partial charge in [0.2, 0.25) is 0 Å². The maximum atomic E-state index is 13.9. The molecule has 0 amide bonds. The average molecular weight is 520 g/mol. The lowest BCUT2D eigenvalue weighted by molar-refractivity contribution is -0.130. The van der Waals surface area contributed by atoms with Crippen molar-refractivity contribution >= 4 is 11.9 Å². The predicted molar refractivity (Wildman–Crippen MR) is 150 cm³/mol. The molecule has 6 atom stereocenters. The Morgan fingerprint density at radius 2 is 1.84 bits per heavy atom. The van der Waals surface area contributed by atoms with Crippen molar-refractivity contribution < 1.29 is 19.4 Å². The third-order valence-corrected chi connectivity index (χ3v) is 11.1. The van der Waals surface area contributed by atoms with Gasteiger partial charge in [0.1, 0.15) is 6.61 Å². The number of hydrogen-bond donors (Lipinski definition) is 1. The molecular weight excluding hydrogens is 474 g/mol. The first kappa shape index (κ1) is 26.1. The molecule has 0 bridgehead atoms. The van der Waals surface area contributed by atoms with Gasteiger partial charge in [-0.15, -0.1) is 0 Å². The first-order valence-corrected chi connectivity index (χ1v) is 15.0. The van der Waals surface area contributed by atoms with E-state index in [0.29, 0.717) is 30.1 Å². The Balaban J connectivity index is 1.19. The lowest BCUT2D eigenvalue weighted by atomic mass is 9.48. The maximum absolute atomic E-state index is 13.9. The van der Waals surface area contributed by atoms with Gasteiger partial charge in [-0.05, 0) is 123 Å². The van der Waals surface area contributed by atoms with Crippen LogP contribution in [0.4, 0.5) is 0 Å². The number of carbonyl (C=O) groups excluding carboxylic acids is 1. The van der Waals surface area contributed by atoms with E-state index in [4.69, 9.17) is 9.47 Å². The van der Waals surface area contributed by atoms with Gasteiger partial charge in [0, 0.05) is 12.0 Å². The van der Waals surface area contributed by atoms with Crippen molar-refractivity contribution in [3.63, 3.8) is 0 Å². The molecule has 5 heteroatoms. The van der Waals surface area contributed by atoms with E-state index in [9.17, 15) is 9.90 Å². The van der Waals surface area contributed by atoms with Crippen LogP contribution in [0.1, 0.15) is 77.2 Å². The molecule has 4 fully saturated rings. The highest BCUT2D eigenvalue weighted by Gasteiger charge is 2.59. The lowest BCUT2D eigenvalue weighted by Crippen LogP contribution is -2.50. The van der Waals surface area contributed by atoms with Gasteiger partial charge in [-0.3, -0.25) is 9.69 Å². The Kier molecular flexibility index (Phi) is 6.97. The van der Waals surface area contributed by atoms with Gasteiger partial charge in [-0.1, -0.05) is 31.6 Å². The summed E-state index contributed by atoms with van der Waals surface area (Å²) in [4.78, 5) is 16.3. The van der Waals surface area contributed by atoms with Crippen molar-refractivity contribution in [2.75, 3.05) is 33.4 Å². The minimum Gasteiger partial charge on any atom is -0.493 e. The molecule has 5 nitrogen and oxygen atoms in total. The van der Waals surface area contributed by atoms with Crippen LogP contribution in [0.2, 0.25) is 0 Å². The van der Waals surface area contributed by atoms with E-state index in [1.54, 1.807) is 7.11 Å². The summed E-state index contributed by atoms with van der Waals surface area (Å²) in [6.07, 6.45) is 13.8. The van der Waals surface area contributed by atoms with Crippen LogP contribution in [0.25, 0.3) is 6.08 Å². The first-order chi connectivity index (χ1) is 18.3. The number of methoxy groups -OCH3 is 1. The summed E-state index contributed by atoms with van der Waals surface area (Å²) < 4.78 is 11.7. The lowest BCUT2D eigenvalue weighted by Gasteiger charge is -2.56. The quantitative estimate of drug-likeness (QED) is 0.366. The molecule has 6 rings (SSSR count). The topological polar surface area (TPSA) is 59.0 Å². The molecule has 3 saturated carbocycles. The number of ether oxygens (including phenoxy) is 2. The fourth-order valence-corrected chi connectivity index (χ4v) is 8.83. The second kappa shape index (κ2) is 10.1. The normalized spacial score (nSPS) is 37.9. The highest BCUT2D eigenvalue weighted by molar-refractivity contribution is 6.06. The molecule has 206 valence electrons. The number of benzene rings is 1. The molecular formula is C33H45NO4. The molecule has 1 aliphatic heterocycles. The largest absolute Gasteiger partial charge is 0.493 e. The number of nitrogens with zero attached hydrogens (tertiary/aromatic N) is 1. The van der Waals surface area contributed by atoms with Crippen LogP contribution >= 0.6 is 0 Å². The Labute approximate surface area is 228 Å². The van der Waals surface area contributed by atoms with Crippen molar-refractivity contribution in [3.8, 4) is 11.5 Å². The van der Waals surface area contributed by atoms with Crippen molar-refractivity contribution in [1.82, 2.24) is 4.90 Å². The van der Waals surface area contributed by atoms with E-state index >= 15 is 0 Å². The van der Waals surface area contributed by atoms with E-state index in [0.717, 1.165) is 74.1 Å². The number of Topliss-reactive ketones (excluding diaryl/α,β-unsaturated/α-hetero) is 1. The Bertz CT molecular complexity index is 1130. The fourth-order valence-electron chi connectivity index (χ4n) is 8.83. The van der Waals surface area contributed by atoms with Crippen LogP contribution in [0, 0.1) is 28.6 Å². The van der Waals surface area contributed by atoms with Crippen molar-refractivity contribution in [3.05, 3.63) is 41.0 Å². The van der Waals surface area contributed by atoms with Crippen LogP contribution < -0.4 is 9.47 Å². The highest BCUT2D eigenvalue weighted by atomic mass is 16.5. The molecule has 0 aromatic heterocycles. The number of fused-ring (bicyclic) bond motifs is 5. The van der Waals surface area contributed by atoms with Gasteiger partial charge in [0.15, 0.2) is 17.3 Å². The van der Waals surface area contributed by atoms with Gasteiger partial charge >= 0.3 is 0 Å². The number of allylic oxidation sites excluding steroid dienone is 2. The summed E-state index contributed by atoms with van der Waals surface area (Å²) in [6.45, 7) is 8.62. The van der Waals surface area contributed by atoms with Crippen molar-refractivity contribution in [2.45, 2.75) is 77.7 Å². The third-order valence-electron chi connectivity index (χ3n) is 11.1. The fraction of sp³-hybridized carbons (Fsp3) is 0.667. The minimum absolute atomic E-state index is 0.179. The van der Waals surface area contributed by atoms with Crippen molar-refractivity contribution in [1.29, 1.82) is 0 Å². The van der Waals surface area contributed by atoms with Crippen LogP contribution in [0.15, 0.2) is 35.4 Å². The molecule has 1 aromatic carbocycles. The zero-order valence-corrected chi connectivity index (χ0v) is 23.5. The summed E-state index contributed by atoms with van der Waals surface area (Å²) in [5.41, 5.74) is 3.40. The Morgan fingerprint density at radius 3 is 2.63 bits per heavy atom. The Morgan fingerprint density at radius 1 is 1.05 bits per heavy atom. The number of aliphatic hydroxyl groups excluding tert-OH is 1. The standard InChI is InChI=1S/C33H45NO4/c1-32-12-10-25(35)21-24(32)7-8-26-27(32)11-13-33(2)28(26)20-23(31(33)36)18-22-6-9-29(30(19-22)37-3)38-17-16-34-14-4-5-15-34/h6-7,9,18-19,25-28,35H,4-5,8,10-17,20-21H2,1-3H3/b23-18+/t25-,26?,27?,28?,32-,33-/m0/s1. The molecule has 0 radical (unpaired) electrons. The van der Waals surface area contributed by atoms with Crippen LogP contribution in [-0.2, 0) is 4.79 Å². The number of aliphatic hydroxyl groups is 1. The predicted octanol–water partition coefficient (Wildman–Crippen LogP) is 6.06. The van der Waals surface area contributed by atoms with Gasteiger partial charge in [-0.2, -0.15) is 0 Å². The molecule has 38 heavy (non-hydrogen) atoms. The number of carbonyl (C=O) groups is 1. The molecule has 1 aromatic rings. The summed E-state index contributed by atoms with van der Waals surface area (Å²) >= 11 is 0. The monoisotopic (exact) mass is 519 g/mol. The summed E-state index contributed by atoms with van der Waals surface area (Å²) in [5, 5.41) is 10.3. The number of hydrogen-bond acceptors (Lipinski definition) is 5. The molecule has 1 N–H and O–H groups in total. The number of likely N-dealkylation sites (tertiary alicyclic amines) is 1. The highest BCUT2D eigenvalue weighted by Crippen LogP contribution is 2.64. The molecule has 5 aliphatic rings. The van der Waals surface area contributed by atoms with E-state index < -0.39 is 0 Å². The van der Waals surface area contributed by atoms with E-state index in [1.807, 2.05) is 12.1 Å². The molecule has 1 heterocycles. The van der Waals surface area contributed by atoms with Gasteiger partial charge < -0.3 is 14.6 Å². The van der Waals surface area contributed by atoms with Crippen molar-refractivity contribution in [2.24, 2.45) is 28.6 Å². The molecule has 0 spiro atoms. The van der Waals surface area contributed by atoms with Crippen LogP contribution in [0.3, 0.4) is 0 Å². The smallest absolute Gasteiger partial charge is 0.165 e. The second-order valence-corrected chi connectivity index (χ2v) is 13.1. The third kappa shape index (κ3) is 4.44. The molecule has 1 saturated heterocycles. The van der Waals surface area contributed by atoms with Gasteiger partial charge in [0.05, 0.1) is 13.2 Å². The van der Waals surface area contributed by atoms with Gasteiger partial charge in [0.25, 0.3) is 0 Å². The van der Waals surface area contributed by atoms with E-state index in [2.05, 4.69) is 37.0 Å². The second-order valence-electron chi connectivity index (χ2n) is 13.1. The summed E-state index contributed by atoms with van der Waals surface area (Å²) in [7, 11) is 1.69. The van der Waals surface area contributed by atoms with Gasteiger partial charge in [-0.25, -0.2) is 0 Å². The molecule has 4 aliphatic carbocycles. The van der Waals surface area contributed by atoms with Crippen LogP contribution in [-0.4, -0.2) is 55.2 Å². The zero-order chi connectivity index (χ0) is 26.5. The first-order valence-electron chi connectivity index (χ1n) is 15.0. The number of rotatable bonds is 6. The van der Waals surface area contributed by atoms with E-state index in [1.165, 1.54) is 31.5 Å². The average Bonchev–Trinajstić information content (AvgIpc) is 3.52. The number of ketones is 1. The minimum atomic E-state index is -0.258.